The van der Waals surface area contributed by atoms with E-state index in [1.54, 1.807) is 26.8 Å². The quantitative estimate of drug-likeness (QED) is 0.122. The zero-order valence-corrected chi connectivity index (χ0v) is 30.4. The molecule has 1 aliphatic rings. The minimum atomic E-state index is -1.20. The van der Waals surface area contributed by atoms with Crippen molar-refractivity contribution in [1.82, 2.24) is 20.9 Å². The van der Waals surface area contributed by atoms with Gasteiger partial charge in [0, 0.05) is 13.1 Å². The summed E-state index contributed by atoms with van der Waals surface area (Å²) in [5, 5.41) is 18.0. The van der Waals surface area contributed by atoms with E-state index >= 15 is 0 Å². The van der Waals surface area contributed by atoms with E-state index in [9.17, 15) is 29.1 Å². The Kier molecular flexibility index (Phi) is 16.0. The van der Waals surface area contributed by atoms with Gasteiger partial charge in [-0.15, -0.1) is 0 Å². The second kappa shape index (κ2) is 20.1. The molecule has 3 rings (SSSR count). The first-order chi connectivity index (χ1) is 24.2. The highest BCUT2D eigenvalue weighted by atomic mass is 16.6. The van der Waals surface area contributed by atoms with Gasteiger partial charge in [0.2, 0.25) is 11.8 Å². The minimum Gasteiger partial charge on any atom is -0.480 e. The standard InChI is InChI=1S/C39H54N4O8/c1-27(2)24-31(41-38(49)51-39(3,4)5)21-20-30(25-28-14-8-6-9-15-28)35(45)43-23-13-19-33(43)34(44)42-32(36(46)47)18-12-22-40-37(48)50-26-29-16-10-7-11-17-29/h6-11,14-17,20-21,27,30-33H,12-13,18-19,22-26H2,1-5H3,(H,40,48)(H,41,49)(H,42,44)(H,46,47)/b21-20+/t30-,31-,32?,33?/m1/s1. The Morgan fingerprint density at radius 3 is 2.18 bits per heavy atom. The molecule has 2 aromatic rings. The molecule has 4 amide bonds. The summed E-state index contributed by atoms with van der Waals surface area (Å²) in [5.74, 6) is -2.38. The van der Waals surface area contributed by atoms with Gasteiger partial charge >= 0.3 is 18.2 Å². The SMILES string of the molecule is CC(C)C[C@@H](/C=C/[C@H](Cc1ccccc1)C(=O)N1CCCC1C(=O)NC(CCCNC(=O)OCc1ccccc1)C(=O)O)NC(=O)OC(C)(C)C. The monoisotopic (exact) mass is 706 g/mol. The van der Waals surface area contributed by atoms with Crippen molar-refractivity contribution in [3.8, 4) is 0 Å². The lowest BCUT2D eigenvalue weighted by molar-refractivity contribution is -0.144. The molecule has 4 atom stereocenters. The number of likely N-dealkylation sites (tertiary alicyclic amines) is 1. The second-order valence-corrected chi connectivity index (χ2v) is 14.3. The number of carbonyl (C=O) groups is 5. The van der Waals surface area contributed by atoms with Crippen LogP contribution in [0.15, 0.2) is 72.8 Å². The Morgan fingerprint density at radius 2 is 1.57 bits per heavy atom. The molecule has 0 saturated carbocycles. The zero-order chi connectivity index (χ0) is 37.4. The van der Waals surface area contributed by atoms with Gasteiger partial charge in [0.25, 0.3) is 0 Å². The first-order valence-corrected chi connectivity index (χ1v) is 17.7. The van der Waals surface area contributed by atoms with E-state index in [1.807, 2.05) is 80.6 Å². The van der Waals surface area contributed by atoms with Gasteiger partial charge in [-0.05, 0) is 76.3 Å². The largest absolute Gasteiger partial charge is 0.480 e. The number of hydrogen-bond donors (Lipinski definition) is 4. The fraction of sp³-hybridized carbons (Fsp3) is 0.513. The molecule has 1 fully saturated rings. The number of carboxylic acids is 1. The van der Waals surface area contributed by atoms with Gasteiger partial charge in [-0.2, -0.15) is 0 Å². The summed E-state index contributed by atoms with van der Waals surface area (Å²) in [5.41, 5.74) is 1.11. The molecule has 0 radical (unpaired) electrons. The maximum absolute atomic E-state index is 14.2. The van der Waals surface area contributed by atoms with Crippen molar-refractivity contribution in [3.63, 3.8) is 0 Å². The topological polar surface area (TPSA) is 163 Å². The molecule has 0 aromatic heterocycles. The highest BCUT2D eigenvalue weighted by Gasteiger charge is 2.38. The molecule has 2 unspecified atom stereocenters. The normalized spacial score (nSPS) is 16.3. The smallest absolute Gasteiger partial charge is 0.408 e. The van der Waals surface area contributed by atoms with Gasteiger partial charge in [0.15, 0.2) is 0 Å². The highest BCUT2D eigenvalue weighted by molar-refractivity contribution is 5.92. The zero-order valence-electron chi connectivity index (χ0n) is 30.4. The number of benzene rings is 2. The third kappa shape index (κ3) is 14.9. The third-order valence-electron chi connectivity index (χ3n) is 8.22. The molecule has 1 heterocycles. The number of carboxylic acid groups (broad SMARTS) is 1. The van der Waals surface area contributed by atoms with Crippen LogP contribution in [0.2, 0.25) is 0 Å². The summed E-state index contributed by atoms with van der Waals surface area (Å²) in [6.45, 7) is 10.1. The molecule has 0 spiro atoms. The number of nitrogens with one attached hydrogen (secondary N) is 3. The highest BCUT2D eigenvalue weighted by Crippen LogP contribution is 2.24. The van der Waals surface area contributed by atoms with E-state index in [4.69, 9.17) is 9.47 Å². The Morgan fingerprint density at radius 1 is 0.922 bits per heavy atom. The van der Waals surface area contributed by atoms with Crippen LogP contribution in [-0.4, -0.2) is 76.8 Å². The van der Waals surface area contributed by atoms with Gasteiger partial charge in [-0.3, -0.25) is 9.59 Å². The predicted molar refractivity (Wildman–Crippen MR) is 194 cm³/mol. The summed E-state index contributed by atoms with van der Waals surface area (Å²) >= 11 is 0. The fourth-order valence-electron chi connectivity index (χ4n) is 5.84. The molecule has 2 aromatic carbocycles. The molecule has 4 N–H and O–H groups in total. The van der Waals surface area contributed by atoms with Crippen LogP contribution in [0.3, 0.4) is 0 Å². The molecule has 12 heteroatoms. The number of amides is 4. The first kappa shape index (κ1) is 40.6. The van der Waals surface area contributed by atoms with E-state index in [2.05, 4.69) is 16.0 Å². The minimum absolute atomic E-state index is 0.0714. The molecular weight excluding hydrogens is 652 g/mol. The van der Waals surface area contributed by atoms with Crippen LogP contribution in [0.5, 0.6) is 0 Å². The first-order valence-electron chi connectivity index (χ1n) is 17.7. The van der Waals surface area contributed by atoms with Crippen LogP contribution in [0.4, 0.5) is 9.59 Å². The molecule has 12 nitrogen and oxygen atoms in total. The number of nitrogens with zero attached hydrogens (tertiary/aromatic N) is 1. The molecular formula is C39H54N4O8. The van der Waals surface area contributed by atoms with Crippen LogP contribution in [0.25, 0.3) is 0 Å². The van der Waals surface area contributed by atoms with Crippen LogP contribution < -0.4 is 16.0 Å². The Labute approximate surface area is 301 Å². The van der Waals surface area contributed by atoms with Crippen molar-refractivity contribution in [1.29, 1.82) is 0 Å². The second-order valence-electron chi connectivity index (χ2n) is 14.3. The predicted octanol–water partition coefficient (Wildman–Crippen LogP) is 5.61. The Hall–Kier alpha value is -4.87. The molecule has 1 saturated heterocycles. The van der Waals surface area contributed by atoms with Crippen LogP contribution >= 0.6 is 0 Å². The van der Waals surface area contributed by atoms with Crippen LogP contribution in [-0.2, 0) is 36.9 Å². The van der Waals surface area contributed by atoms with Gasteiger partial charge in [-0.25, -0.2) is 14.4 Å². The molecule has 278 valence electrons. The van der Waals surface area contributed by atoms with E-state index in [-0.39, 0.29) is 43.9 Å². The van der Waals surface area contributed by atoms with Gasteiger partial charge < -0.3 is 35.4 Å². The van der Waals surface area contributed by atoms with Crippen LogP contribution in [0, 0.1) is 11.8 Å². The summed E-state index contributed by atoms with van der Waals surface area (Å²) in [4.78, 5) is 66.0. The number of alkyl carbamates (subject to hydrolysis) is 2. The van der Waals surface area contributed by atoms with Crippen LogP contribution in [0.1, 0.15) is 77.8 Å². The lowest BCUT2D eigenvalue weighted by Crippen LogP contribution is -2.52. The Bertz CT molecular complexity index is 1460. The van der Waals surface area contributed by atoms with E-state index in [1.165, 1.54) is 4.90 Å². The van der Waals surface area contributed by atoms with Crippen molar-refractivity contribution in [2.24, 2.45) is 11.8 Å². The summed E-state index contributed by atoms with van der Waals surface area (Å²) in [6.07, 6.45) is 4.80. The number of rotatable bonds is 17. The maximum Gasteiger partial charge on any atom is 0.408 e. The third-order valence-corrected chi connectivity index (χ3v) is 8.22. The van der Waals surface area contributed by atoms with Crippen molar-refractivity contribution >= 4 is 30.0 Å². The number of aliphatic carboxylic acids is 1. The molecule has 0 bridgehead atoms. The van der Waals surface area contributed by atoms with Gasteiger partial charge in [-0.1, -0.05) is 86.7 Å². The van der Waals surface area contributed by atoms with Gasteiger partial charge in [0.1, 0.15) is 24.3 Å². The van der Waals surface area contributed by atoms with Crippen molar-refractivity contribution in [3.05, 3.63) is 83.9 Å². The van der Waals surface area contributed by atoms with E-state index in [0.717, 1.165) is 11.1 Å². The van der Waals surface area contributed by atoms with Crippen molar-refractivity contribution in [2.45, 2.75) is 103 Å². The van der Waals surface area contributed by atoms with Crippen molar-refractivity contribution < 1.29 is 38.6 Å². The number of carbonyl (C=O) groups excluding carboxylic acids is 4. The average Bonchev–Trinajstić information content (AvgIpc) is 3.56. The van der Waals surface area contributed by atoms with Gasteiger partial charge in [0.05, 0.1) is 12.0 Å². The lowest BCUT2D eigenvalue weighted by atomic mass is 9.95. The fourth-order valence-corrected chi connectivity index (χ4v) is 5.84. The summed E-state index contributed by atoms with van der Waals surface area (Å²) in [6, 6.07) is 16.4. The van der Waals surface area contributed by atoms with E-state index in [0.29, 0.717) is 32.2 Å². The van der Waals surface area contributed by atoms with E-state index < -0.39 is 47.7 Å². The summed E-state index contributed by atoms with van der Waals surface area (Å²) in [7, 11) is 0. The summed E-state index contributed by atoms with van der Waals surface area (Å²) < 4.78 is 10.7. The lowest BCUT2D eigenvalue weighted by Gasteiger charge is -2.28. The molecule has 51 heavy (non-hydrogen) atoms. The Balaban J connectivity index is 1.65. The maximum atomic E-state index is 14.2. The average molecular weight is 707 g/mol. The molecule has 0 aliphatic carbocycles. The van der Waals surface area contributed by atoms with Crippen molar-refractivity contribution in [2.75, 3.05) is 13.1 Å². The number of hydrogen-bond acceptors (Lipinski definition) is 7. The molecule has 1 aliphatic heterocycles. The number of ether oxygens (including phenoxy) is 2.